The summed E-state index contributed by atoms with van der Waals surface area (Å²) in [4.78, 5) is 28.6. The van der Waals surface area contributed by atoms with E-state index in [1.54, 1.807) is 4.90 Å². The summed E-state index contributed by atoms with van der Waals surface area (Å²) in [5.41, 5.74) is 7.98. The van der Waals surface area contributed by atoms with Gasteiger partial charge in [-0.2, -0.15) is 0 Å². The van der Waals surface area contributed by atoms with E-state index < -0.39 is 6.04 Å². The molecule has 2 rings (SSSR count). The largest absolute Gasteiger partial charge is 0.338 e. The number of piperazine rings is 1. The average Bonchev–Trinajstić information content (AvgIpc) is 2.65. The Balaban J connectivity index is 1.92. The minimum absolute atomic E-state index is 0.00347. The summed E-state index contributed by atoms with van der Waals surface area (Å²) in [6.07, 6.45) is 1.85. The maximum absolute atomic E-state index is 12.6. The van der Waals surface area contributed by atoms with Gasteiger partial charge in [-0.25, -0.2) is 0 Å². The Kier molecular flexibility index (Phi) is 6.37. The zero-order valence-corrected chi connectivity index (χ0v) is 15.0. The van der Waals surface area contributed by atoms with Crippen molar-refractivity contribution in [2.45, 2.75) is 39.7 Å². The molecule has 0 spiro atoms. The Morgan fingerprint density at radius 3 is 2.08 bits per heavy atom. The second-order valence-corrected chi connectivity index (χ2v) is 6.58. The summed E-state index contributed by atoms with van der Waals surface area (Å²) < 4.78 is 0. The number of rotatable bonds is 5. The molecule has 1 aromatic rings. The van der Waals surface area contributed by atoms with E-state index >= 15 is 0 Å². The normalized spacial score (nSPS) is 17.5. The fraction of sp³-hybridized carbons (Fsp3) is 0.579. The maximum atomic E-state index is 12.6. The fourth-order valence-corrected chi connectivity index (χ4v) is 2.90. The second-order valence-electron chi connectivity index (χ2n) is 6.58. The first-order valence-corrected chi connectivity index (χ1v) is 8.90. The molecule has 0 bridgehead atoms. The summed E-state index contributed by atoms with van der Waals surface area (Å²) in [5, 5.41) is 0. The molecule has 1 heterocycles. The number of hydrogen-bond donors (Lipinski definition) is 1. The average molecular weight is 331 g/mol. The molecule has 2 N–H and O–H groups in total. The van der Waals surface area contributed by atoms with E-state index in [2.05, 4.69) is 6.92 Å². The molecule has 1 aliphatic heterocycles. The summed E-state index contributed by atoms with van der Waals surface area (Å²) in [6.45, 7) is 8.38. The molecule has 2 amide bonds. The van der Waals surface area contributed by atoms with Crippen molar-refractivity contribution in [1.29, 1.82) is 0 Å². The molecule has 132 valence electrons. The minimum Gasteiger partial charge on any atom is -0.338 e. The molecule has 24 heavy (non-hydrogen) atoms. The van der Waals surface area contributed by atoms with Gasteiger partial charge in [-0.05, 0) is 30.0 Å². The Morgan fingerprint density at radius 1 is 1.04 bits per heavy atom. The molecule has 5 nitrogen and oxygen atoms in total. The molecule has 0 aromatic heterocycles. The van der Waals surface area contributed by atoms with Crippen LogP contribution in [0.5, 0.6) is 0 Å². The van der Waals surface area contributed by atoms with E-state index in [9.17, 15) is 9.59 Å². The van der Waals surface area contributed by atoms with Gasteiger partial charge in [-0.3, -0.25) is 9.59 Å². The van der Waals surface area contributed by atoms with Crippen molar-refractivity contribution >= 4 is 11.8 Å². The van der Waals surface area contributed by atoms with Crippen LogP contribution in [0.15, 0.2) is 24.3 Å². The highest BCUT2D eigenvalue weighted by Gasteiger charge is 2.29. The van der Waals surface area contributed by atoms with Crippen molar-refractivity contribution < 1.29 is 9.59 Å². The first kappa shape index (κ1) is 18.5. The Bertz CT molecular complexity index is 562. The van der Waals surface area contributed by atoms with Gasteiger partial charge in [-0.1, -0.05) is 39.3 Å². The van der Waals surface area contributed by atoms with Crippen molar-refractivity contribution in [3.05, 3.63) is 35.4 Å². The number of carbonyl (C=O) groups is 2. The number of aryl methyl sites for hydroxylation is 1. The number of hydrogen-bond acceptors (Lipinski definition) is 3. The number of nitrogens with zero attached hydrogens (tertiary/aromatic N) is 2. The van der Waals surface area contributed by atoms with Crippen LogP contribution in [0.4, 0.5) is 0 Å². The van der Waals surface area contributed by atoms with Crippen molar-refractivity contribution in [2.75, 3.05) is 26.2 Å². The van der Waals surface area contributed by atoms with E-state index in [1.165, 1.54) is 5.56 Å². The topological polar surface area (TPSA) is 66.6 Å². The highest BCUT2D eigenvalue weighted by molar-refractivity contribution is 5.94. The first-order chi connectivity index (χ1) is 11.5. The summed E-state index contributed by atoms with van der Waals surface area (Å²) in [5.74, 6) is 0.217. The van der Waals surface area contributed by atoms with Crippen LogP contribution in [0.25, 0.3) is 0 Å². The van der Waals surface area contributed by atoms with Crippen LogP contribution in [-0.2, 0) is 11.2 Å². The van der Waals surface area contributed by atoms with Gasteiger partial charge in [0.2, 0.25) is 5.91 Å². The van der Waals surface area contributed by atoms with Crippen molar-refractivity contribution in [1.82, 2.24) is 9.80 Å². The lowest BCUT2D eigenvalue weighted by molar-refractivity contribution is -0.135. The van der Waals surface area contributed by atoms with Gasteiger partial charge >= 0.3 is 0 Å². The lowest BCUT2D eigenvalue weighted by Gasteiger charge is -2.36. The smallest absolute Gasteiger partial charge is 0.253 e. The lowest BCUT2D eigenvalue weighted by atomic mass is 9.98. The molecule has 0 radical (unpaired) electrons. The molecular weight excluding hydrogens is 302 g/mol. The first-order valence-electron chi connectivity index (χ1n) is 8.90. The van der Waals surface area contributed by atoms with Gasteiger partial charge in [0.15, 0.2) is 0 Å². The predicted molar refractivity (Wildman–Crippen MR) is 95.7 cm³/mol. The zero-order chi connectivity index (χ0) is 17.7. The lowest BCUT2D eigenvalue weighted by Crippen LogP contribution is -2.55. The highest BCUT2D eigenvalue weighted by Crippen LogP contribution is 2.13. The van der Waals surface area contributed by atoms with Crippen LogP contribution in [0.2, 0.25) is 0 Å². The van der Waals surface area contributed by atoms with E-state index in [1.807, 2.05) is 43.0 Å². The maximum Gasteiger partial charge on any atom is 0.253 e. The quantitative estimate of drug-likeness (QED) is 0.896. The summed E-state index contributed by atoms with van der Waals surface area (Å²) in [6, 6.07) is 7.32. The van der Waals surface area contributed by atoms with Gasteiger partial charge < -0.3 is 15.5 Å². The summed E-state index contributed by atoms with van der Waals surface area (Å²) in [7, 11) is 0. The number of benzene rings is 1. The van der Waals surface area contributed by atoms with E-state index in [-0.39, 0.29) is 17.7 Å². The molecule has 1 aliphatic rings. The Labute approximate surface area is 144 Å². The summed E-state index contributed by atoms with van der Waals surface area (Å²) >= 11 is 0. The molecule has 5 heteroatoms. The predicted octanol–water partition coefficient (Wildman–Crippen LogP) is 1.91. The molecule has 0 saturated carbocycles. The highest BCUT2D eigenvalue weighted by atomic mass is 16.2. The van der Waals surface area contributed by atoms with E-state index in [0.717, 1.165) is 12.8 Å². The van der Waals surface area contributed by atoms with Crippen molar-refractivity contribution in [3.8, 4) is 0 Å². The van der Waals surface area contributed by atoms with E-state index in [4.69, 9.17) is 5.73 Å². The Hall–Kier alpha value is -1.88. The monoisotopic (exact) mass is 331 g/mol. The standard InChI is InChI=1S/C19H29N3O2/c1-4-14(3)17(20)19(24)22-12-10-21(11-13-22)18(23)16-8-6-15(5-2)7-9-16/h6-9,14,17H,4-5,10-13,20H2,1-3H3. The van der Waals surface area contributed by atoms with Crippen LogP contribution in [0.1, 0.15) is 43.1 Å². The van der Waals surface area contributed by atoms with Gasteiger partial charge in [0.25, 0.3) is 5.91 Å². The van der Waals surface area contributed by atoms with Crippen LogP contribution in [0.3, 0.4) is 0 Å². The fourth-order valence-electron chi connectivity index (χ4n) is 2.90. The third-order valence-corrected chi connectivity index (χ3v) is 5.03. The van der Waals surface area contributed by atoms with Crippen LogP contribution >= 0.6 is 0 Å². The minimum atomic E-state index is -0.446. The molecule has 1 saturated heterocycles. The van der Waals surface area contributed by atoms with Gasteiger partial charge in [0.05, 0.1) is 6.04 Å². The third-order valence-electron chi connectivity index (χ3n) is 5.03. The number of amides is 2. The Morgan fingerprint density at radius 2 is 1.58 bits per heavy atom. The molecule has 1 aromatic carbocycles. The van der Waals surface area contributed by atoms with Gasteiger partial charge in [0.1, 0.15) is 0 Å². The molecule has 2 unspecified atom stereocenters. The number of carbonyl (C=O) groups excluding carboxylic acids is 2. The molecule has 0 aliphatic carbocycles. The van der Waals surface area contributed by atoms with Crippen LogP contribution < -0.4 is 5.73 Å². The number of nitrogens with two attached hydrogens (primary N) is 1. The van der Waals surface area contributed by atoms with Gasteiger partial charge in [0, 0.05) is 31.7 Å². The van der Waals surface area contributed by atoms with Crippen LogP contribution in [-0.4, -0.2) is 53.8 Å². The third kappa shape index (κ3) is 4.15. The second kappa shape index (κ2) is 8.29. The molecule has 1 fully saturated rings. The zero-order valence-electron chi connectivity index (χ0n) is 15.0. The molecular formula is C19H29N3O2. The molecule has 2 atom stereocenters. The van der Waals surface area contributed by atoms with Gasteiger partial charge in [-0.15, -0.1) is 0 Å². The SMILES string of the molecule is CCc1ccc(C(=O)N2CCN(C(=O)C(N)C(C)CC)CC2)cc1. The van der Waals surface area contributed by atoms with Crippen molar-refractivity contribution in [2.24, 2.45) is 11.7 Å². The van der Waals surface area contributed by atoms with E-state index in [0.29, 0.717) is 31.7 Å². The van der Waals surface area contributed by atoms with Crippen LogP contribution in [0, 0.1) is 5.92 Å². The van der Waals surface area contributed by atoms with Crippen molar-refractivity contribution in [3.63, 3.8) is 0 Å².